The fourth-order valence-electron chi connectivity index (χ4n) is 4.04. The summed E-state index contributed by atoms with van der Waals surface area (Å²) in [5, 5.41) is 5.49. The van der Waals surface area contributed by atoms with Crippen LogP contribution in [0.3, 0.4) is 0 Å². The van der Waals surface area contributed by atoms with Crippen LogP contribution < -0.4 is 20.1 Å². The SMILES string of the molecule is C#Cc1cccc(CC(NSc2cccc(NC(=O)CCNC(=O)OC(C)(C)C)c2)C(C)=Nc2ccc(OC)cc2C)c1.CC. The second-order valence-electron chi connectivity index (χ2n) is 11.0. The number of ether oxygens (including phenoxy) is 2. The third kappa shape index (κ3) is 13.5. The summed E-state index contributed by atoms with van der Waals surface area (Å²) in [6.07, 6.45) is 5.88. The number of benzene rings is 3. The maximum absolute atomic E-state index is 12.5. The predicted octanol–water partition coefficient (Wildman–Crippen LogP) is 7.87. The fourth-order valence-corrected chi connectivity index (χ4v) is 4.90. The van der Waals surface area contributed by atoms with Crippen LogP contribution in [0.2, 0.25) is 0 Å². The number of carbonyl (C=O) groups excluding carboxylic acids is 2. The fraction of sp³-hybridized carbons (Fsp3) is 0.361. The van der Waals surface area contributed by atoms with Crippen LogP contribution in [0.25, 0.3) is 0 Å². The minimum absolute atomic E-state index is 0.114. The van der Waals surface area contributed by atoms with E-state index in [9.17, 15) is 9.59 Å². The van der Waals surface area contributed by atoms with E-state index in [0.29, 0.717) is 12.1 Å². The molecule has 0 fully saturated rings. The van der Waals surface area contributed by atoms with Gasteiger partial charge in [0.25, 0.3) is 0 Å². The molecule has 0 aliphatic carbocycles. The summed E-state index contributed by atoms with van der Waals surface area (Å²) in [6.45, 7) is 13.5. The van der Waals surface area contributed by atoms with E-state index in [1.807, 2.05) is 88.4 Å². The first-order valence-electron chi connectivity index (χ1n) is 15.0. The first-order valence-corrected chi connectivity index (χ1v) is 15.8. The molecule has 9 heteroatoms. The van der Waals surface area contributed by atoms with E-state index >= 15 is 0 Å². The van der Waals surface area contributed by atoms with Crippen molar-refractivity contribution in [3.05, 3.63) is 83.4 Å². The Hall–Kier alpha value is -4.26. The molecule has 240 valence electrons. The number of anilines is 1. The molecule has 3 N–H and O–H groups in total. The Morgan fingerprint density at radius 2 is 1.78 bits per heavy atom. The maximum Gasteiger partial charge on any atom is 0.407 e. The monoisotopic (exact) mass is 630 g/mol. The maximum atomic E-state index is 12.5. The molecule has 0 radical (unpaired) electrons. The quantitative estimate of drug-likeness (QED) is 0.107. The smallest absolute Gasteiger partial charge is 0.407 e. The zero-order valence-electron chi connectivity index (χ0n) is 27.6. The average molecular weight is 631 g/mol. The molecule has 0 saturated heterocycles. The van der Waals surface area contributed by atoms with Gasteiger partial charge in [-0.1, -0.05) is 38.0 Å². The van der Waals surface area contributed by atoms with Crippen molar-refractivity contribution in [1.29, 1.82) is 0 Å². The summed E-state index contributed by atoms with van der Waals surface area (Å²) >= 11 is 1.46. The zero-order chi connectivity index (χ0) is 33.4. The predicted molar refractivity (Wildman–Crippen MR) is 187 cm³/mol. The van der Waals surface area contributed by atoms with Crippen LogP contribution in [-0.2, 0) is 16.0 Å². The molecule has 3 aromatic carbocycles. The van der Waals surface area contributed by atoms with E-state index in [2.05, 4.69) is 27.3 Å². The molecular weight excluding hydrogens is 584 g/mol. The molecule has 1 atom stereocenters. The van der Waals surface area contributed by atoms with E-state index in [1.165, 1.54) is 11.9 Å². The molecule has 0 saturated carbocycles. The minimum atomic E-state index is -0.595. The van der Waals surface area contributed by atoms with Crippen LogP contribution >= 0.6 is 11.9 Å². The van der Waals surface area contributed by atoms with Gasteiger partial charge in [0, 0.05) is 34.8 Å². The van der Waals surface area contributed by atoms with Crippen molar-refractivity contribution >= 4 is 41.0 Å². The molecule has 0 aliphatic heterocycles. The van der Waals surface area contributed by atoms with E-state index in [1.54, 1.807) is 27.9 Å². The Kier molecular flexibility index (Phi) is 15.2. The van der Waals surface area contributed by atoms with Gasteiger partial charge in [-0.15, -0.1) is 6.42 Å². The molecule has 0 aliphatic rings. The highest BCUT2D eigenvalue weighted by molar-refractivity contribution is 7.97. The molecule has 2 amide bonds. The Labute approximate surface area is 272 Å². The average Bonchev–Trinajstić information content (AvgIpc) is 3.00. The summed E-state index contributed by atoms with van der Waals surface area (Å²) in [4.78, 5) is 30.2. The van der Waals surface area contributed by atoms with Crippen LogP contribution in [0.5, 0.6) is 5.75 Å². The van der Waals surface area contributed by atoms with E-state index in [-0.39, 0.29) is 24.9 Å². The molecule has 3 aromatic rings. The number of hydrogen-bond donors (Lipinski definition) is 3. The van der Waals surface area contributed by atoms with Crippen LogP contribution in [0.4, 0.5) is 16.2 Å². The van der Waals surface area contributed by atoms with Crippen molar-refractivity contribution in [2.24, 2.45) is 4.99 Å². The molecule has 0 aromatic heterocycles. The molecular formula is C36H46N4O4S. The normalized spacial score (nSPS) is 11.8. The number of nitrogens with one attached hydrogen (secondary N) is 3. The van der Waals surface area contributed by atoms with Crippen LogP contribution in [0.1, 0.15) is 64.7 Å². The summed E-state index contributed by atoms with van der Waals surface area (Å²) in [5.41, 5.74) is 4.79. The molecule has 8 nitrogen and oxygen atoms in total. The number of methoxy groups -OCH3 is 1. The van der Waals surface area contributed by atoms with Gasteiger partial charge >= 0.3 is 6.09 Å². The minimum Gasteiger partial charge on any atom is -0.497 e. The van der Waals surface area contributed by atoms with E-state index in [0.717, 1.165) is 38.7 Å². The number of rotatable bonds is 12. The van der Waals surface area contributed by atoms with Gasteiger partial charge in [0.05, 0.1) is 18.8 Å². The third-order valence-corrected chi connectivity index (χ3v) is 7.09. The number of amides is 2. The Bertz CT molecular complexity index is 1490. The molecule has 0 spiro atoms. The van der Waals surface area contributed by atoms with Gasteiger partial charge in [-0.3, -0.25) is 14.5 Å². The summed E-state index contributed by atoms with van der Waals surface area (Å²) in [7, 11) is 1.65. The summed E-state index contributed by atoms with van der Waals surface area (Å²) < 4.78 is 14.1. The van der Waals surface area contributed by atoms with Gasteiger partial charge in [-0.05, 0) is 113 Å². The Morgan fingerprint density at radius 1 is 1.04 bits per heavy atom. The van der Waals surface area contributed by atoms with Crippen molar-refractivity contribution in [3.8, 4) is 18.1 Å². The number of nitrogens with zero attached hydrogens (tertiary/aromatic N) is 1. The largest absolute Gasteiger partial charge is 0.497 e. The van der Waals surface area contributed by atoms with Crippen molar-refractivity contribution in [2.75, 3.05) is 19.0 Å². The molecule has 0 bridgehead atoms. The second kappa shape index (κ2) is 18.5. The van der Waals surface area contributed by atoms with Crippen molar-refractivity contribution in [1.82, 2.24) is 10.0 Å². The van der Waals surface area contributed by atoms with Crippen LogP contribution in [0, 0.1) is 19.3 Å². The summed E-state index contributed by atoms with van der Waals surface area (Å²) in [6, 6.07) is 21.2. The van der Waals surface area contributed by atoms with Crippen molar-refractivity contribution < 1.29 is 19.1 Å². The van der Waals surface area contributed by atoms with Crippen LogP contribution in [0.15, 0.2) is 76.6 Å². The van der Waals surface area contributed by atoms with Gasteiger partial charge in [-0.25, -0.2) is 4.79 Å². The lowest BCUT2D eigenvalue weighted by atomic mass is 10.0. The lowest BCUT2D eigenvalue weighted by Crippen LogP contribution is -2.34. The number of terminal acetylenes is 1. The van der Waals surface area contributed by atoms with Gasteiger partial charge in [0.1, 0.15) is 11.4 Å². The number of hydrogen-bond acceptors (Lipinski definition) is 7. The van der Waals surface area contributed by atoms with Crippen molar-refractivity contribution in [3.63, 3.8) is 0 Å². The van der Waals surface area contributed by atoms with Gasteiger partial charge in [-0.2, -0.15) is 0 Å². The molecule has 3 rings (SSSR count). The van der Waals surface area contributed by atoms with E-state index in [4.69, 9.17) is 20.9 Å². The summed E-state index contributed by atoms with van der Waals surface area (Å²) in [5.74, 6) is 3.28. The Morgan fingerprint density at radius 3 is 2.44 bits per heavy atom. The highest BCUT2D eigenvalue weighted by atomic mass is 32.2. The molecule has 1 unspecified atom stereocenters. The first-order chi connectivity index (χ1) is 21.5. The lowest BCUT2D eigenvalue weighted by molar-refractivity contribution is -0.116. The third-order valence-electron chi connectivity index (χ3n) is 6.20. The Balaban J connectivity index is 0.00000345. The highest BCUT2D eigenvalue weighted by Crippen LogP contribution is 2.26. The standard InChI is InChI=1S/C34H40N4O4S.C2H6/c1-8-25-11-9-12-26(20-25)21-31(24(3)36-30-16-15-28(41-7)19-23(30)2)38-43-29-14-10-13-27(22-29)37-32(39)17-18-35-33(40)42-34(4,5)6;1-2/h1,9-16,19-20,22,31,38H,17-18,21H2,2-7H3,(H,35,40)(H,37,39);1-2H3. The van der Waals surface area contributed by atoms with Gasteiger partial charge in [0.15, 0.2) is 0 Å². The first kappa shape index (κ1) is 36.9. The number of aliphatic imine (C=N–C) groups is 1. The molecule has 45 heavy (non-hydrogen) atoms. The molecule has 0 heterocycles. The van der Waals surface area contributed by atoms with Crippen LogP contribution in [-0.4, -0.2) is 43.0 Å². The van der Waals surface area contributed by atoms with Crippen molar-refractivity contribution in [2.45, 2.75) is 77.8 Å². The number of aryl methyl sites for hydroxylation is 1. The topological polar surface area (TPSA) is 101 Å². The van der Waals surface area contributed by atoms with Gasteiger partial charge in [0.2, 0.25) is 5.91 Å². The lowest BCUT2D eigenvalue weighted by Gasteiger charge is -2.20. The van der Waals surface area contributed by atoms with E-state index < -0.39 is 11.7 Å². The zero-order valence-corrected chi connectivity index (χ0v) is 28.4. The second-order valence-corrected chi connectivity index (χ2v) is 11.9. The van der Waals surface area contributed by atoms with Gasteiger partial charge < -0.3 is 20.1 Å². The number of carbonyl (C=O) groups is 2. The number of alkyl carbamates (subject to hydrolysis) is 1. The highest BCUT2D eigenvalue weighted by Gasteiger charge is 2.17.